The highest BCUT2D eigenvalue weighted by atomic mass is 15.0. The Balaban J connectivity index is 2.04. The molecule has 0 atom stereocenters. The molecule has 0 aliphatic heterocycles. The van der Waals surface area contributed by atoms with Crippen LogP contribution in [-0.4, -0.2) is 4.57 Å². The molecule has 3 nitrogen and oxygen atoms in total. The Kier molecular flexibility index (Phi) is 3.22. The fraction of sp³-hybridized carbons (Fsp3) is 0. The maximum atomic E-state index is 9.66. The lowest BCUT2D eigenvalue weighted by Gasteiger charge is -2.10. The molecule has 1 heterocycles. The molecule has 0 spiro atoms. The minimum atomic E-state index is 0.524. The summed E-state index contributed by atoms with van der Waals surface area (Å²) in [5, 5.41) is 14.3. The van der Waals surface area contributed by atoms with Gasteiger partial charge in [-0.3, -0.25) is 0 Å². The Labute approximate surface area is 156 Å². The minimum Gasteiger partial charge on any atom is -0.309 e. The summed E-state index contributed by atoms with van der Waals surface area (Å²) >= 11 is 0. The molecule has 0 aliphatic rings. The summed E-state index contributed by atoms with van der Waals surface area (Å²) < 4.78 is 2.10. The van der Waals surface area contributed by atoms with Gasteiger partial charge >= 0.3 is 0 Å². The summed E-state index contributed by atoms with van der Waals surface area (Å²) in [5.41, 5.74) is 3.89. The Morgan fingerprint density at radius 3 is 2.41 bits per heavy atom. The Hall–Kier alpha value is -4.08. The maximum Gasteiger partial charge on any atom is 0.189 e. The van der Waals surface area contributed by atoms with Crippen LogP contribution in [0.15, 0.2) is 78.9 Å². The van der Waals surface area contributed by atoms with E-state index in [2.05, 4.69) is 51.9 Å². The van der Waals surface area contributed by atoms with Crippen molar-refractivity contribution in [3.05, 3.63) is 95.8 Å². The lowest BCUT2D eigenvalue weighted by Crippen LogP contribution is -1.97. The molecule has 27 heavy (non-hydrogen) atoms. The average molecular weight is 343 g/mol. The number of hydrogen-bond donors (Lipinski definition) is 0. The first kappa shape index (κ1) is 15.2. The van der Waals surface area contributed by atoms with Crippen LogP contribution in [0.1, 0.15) is 5.56 Å². The van der Waals surface area contributed by atoms with E-state index < -0.39 is 0 Å². The first-order chi connectivity index (χ1) is 13.3. The molecule has 0 saturated heterocycles. The first-order valence-corrected chi connectivity index (χ1v) is 8.65. The largest absolute Gasteiger partial charge is 0.309 e. The molecule has 5 rings (SSSR count). The predicted molar refractivity (Wildman–Crippen MR) is 109 cm³/mol. The van der Waals surface area contributed by atoms with E-state index in [-0.39, 0.29) is 0 Å². The van der Waals surface area contributed by atoms with Gasteiger partial charge in [0.05, 0.1) is 28.9 Å². The van der Waals surface area contributed by atoms with Gasteiger partial charge in [0.2, 0.25) is 0 Å². The first-order valence-electron chi connectivity index (χ1n) is 8.65. The van der Waals surface area contributed by atoms with Gasteiger partial charge in [0, 0.05) is 10.8 Å². The van der Waals surface area contributed by atoms with Crippen molar-refractivity contribution in [2.75, 3.05) is 0 Å². The van der Waals surface area contributed by atoms with Crippen molar-refractivity contribution in [2.24, 2.45) is 0 Å². The van der Waals surface area contributed by atoms with Gasteiger partial charge in [0.15, 0.2) is 5.69 Å². The molecule has 0 saturated carbocycles. The van der Waals surface area contributed by atoms with Gasteiger partial charge in [-0.15, -0.1) is 0 Å². The molecule has 124 valence electrons. The van der Waals surface area contributed by atoms with E-state index in [9.17, 15) is 5.26 Å². The van der Waals surface area contributed by atoms with E-state index >= 15 is 0 Å². The smallest absolute Gasteiger partial charge is 0.189 e. The van der Waals surface area contributed by atoms with Crippen molar-refractivity contribution in [3.63, 3.8) is 0 Å². The van der Waals surface area contributed by atoms with E-state index in [1.807, 2.05) is 24.3 Å². The number of aromatic nitrogens is 1. The van der Waals surface area contributed by atoms with Crippen LogP contribution in [0.25, 0.3) is 43.1 Å². The molecule has 0 radical (unpaired) electrons. The van der Waals surface area contributed by atoms with Gasteiger partial charge in [-0.25, -0.2) is 4.85 Å². The summed E-state index contributed by atoms with van der Waals surface area (Å²) in [4.78, 5) is 3.55. The third-order valence-electron chi connectivity index (χ3n) is 5.03. The van der Waals surface area contributed by atoms with Gasteiger partial charge in [0.1, 0.15) is 6.07 Å². The molecule has 0 bridgehead atoms. The second-order valence-corrected chi connectivity index (χ2v) is 6.46. The normalized spacial score (nSPS) is 10.9. The van der Waals surface area contributed by atoms with Crippen molar-refractivity contribution in [3.8, 4) is 11.8 Å². The number of nitriles is 1. The lowest BCUT2D eigenvalue weighted by molar-refractivity contribution is 1.17. The molecule has 1 aromatic heterocycles. The third kappa shape index (κ3) is 2.13. The van der Waals surface area contributed by atoms with Gasteiger partial charge in [0.25, 0.3) is 0 Å². The van der Waals surface area contributed by atoms with Crippen LogP contribution in [0.4, 0.5) is 5.69 Å². The number of hydrogen-bond acceptors (Lipinski definition) is 1. The fourth-order valence-corrected chi connectivity index (χ4v) is 3.87. The number of benzene rings is 4. The molecule has 3 heteroatoms. The quantitative estimate of drug-likeness (QED) is 0.326. The van der Waals surface area contributed by atoms with E-state index in [4.69, 9.17) is 6.57 Å². The van der Waals surface area contributed by atoms with Crippen LogP contribution in [0.5, 0.6) is 0 Å². The highest BCUT2D eigenvalue weighted by Crippen LogP contribution is 2.37. The molecule has 4 aromatic carbocycles. The van der Waals surface area contributed by atoms with E-state index in [0.29, 0.717) is 11.3 Å². The molecular weight excluding hydrogens is 330 g/mol. The Morgan fingerprint density at radius 1 is 0.815 bits per heavy atom. The second kappa shape index (κ2) is 5.73. The van der Waals surface area contributed by atoms with E-state index in [1.54, 1.807) is 18.2 Å². The highest BCUT2D eigenvalue weighted by Gasteiger charge is 2.16. The summed E-state index contributed by atoms with van der Waals surface area (Å²) in [7, 11) is 0. The predicted octanol–water partition coefficient (Wildman–Crippen LogP) is 6.36. The molecule has 0 fully saturated rings. The Morgan fingerprint density at radius 2 is 1.59 bits per heavy atom. The van der Waals surface area contributed by atoms with Crippen molar-refractivity contribution < 1.29 is 0 Å². The van der Waals surface area contributed by atoms with Crippen LogP contribution >= 0.6 is 0 Å². The molecule has 0 aliphatic carbocycles. The fourth-order valence-electron chi connectivity index (χ4n) is 3.87. The van der Waals surface area contributed by atoms with E-state index in [0.717, 1.165) is 22.1 Å². The second-order valence-electron chi connectivity index (χ2n) is 6.46. The Bertz CT molecular complexity index is 1440. The monoisotopic (exact) mass is 343 g/mol. The molecule has 0 amide bonds. The lowest BCUT2D eigenvalue weighted by atomic mass is 10.0. The van der Waals surface area contributed by atoms with E-state index in [1.165, 1.54) is 16.2 Å². The van der Waals surface area contributed by atoms with Crippen molar-refractivity contribution in [1.29, 1.82) is 5.26 Å². The third-order valence-corrected chi connectivity index (χ3v) is 5.03. The molecule has 0 N–H and O–H groups in total. The highest BCUT2D eigenvalue weighted by molar-refractivity contribution is 6.21. The summed E-state index contributed by atoms with van der Waals surface area (Å²) in [6.07, 6.45) is 0. The van der Waals surface area contributed by atoms with Crippen LogP contribution in [0.3, 0.4) is 0 Å². The van der Waals surface area contributed by atoms with Gasteiger partial charge in [-0.1, -0.05) is 60.7 Å². The van der Waals surface area contributed by atoms with Crippen LogP contribution < -0.4 is 0 Å². The molecule has 5 aromatic rings. The van der Waals surface area contributed by atoms with Crippen LogP contribution in [0.2, 0.25) is 0 Å². The number of fused-ring (bicyclic) bond motifs is 5. The number of rotatable bonds is 1. The summed E-state index contributed by atoms with van der Waals surface area (Å²) in [6, 6.07) is 28.3. The minimum absolute atomic E-state index is 0.524. The molecule has 0 unspecified atom stereocenters. The average Bonchev–Trinajstić information content (AvgIpc) is 3.08. The van der Waals surface area contributed by atoms with Crippen LogP contribution in [0, 0.1) is 17.9 Å². The van der Waals surface area contributed by atoms with Crippen LogP contribution in [-0.2, 0) is 0 Å². The van der Waals surface area contributed by atoms with Crippen molar-refractivity contribution >= 4 is 38.3 Å². The standard InChI is InChI=1S/C24H13N3/c1-26-18-12-10-17(15-25)23(14-18)27-21-9-5-4-8-20(21)24-19-7-3-2-6-16(19)11-13-22(24)27/h2-14H. The van der Waals surface area contributed by atoms with Gasteiger partial charge in [-0.05, 0) is 29.0 Å². The van der Waals surface area contributed by atoms with Crippen molar-refractivity contribution in [2.45, 2.75) is 0 Å². The summed E-state index contributed by atoms with van der Waals surface area (Å²) in [6.45, 7) is 7.36. The zero-order valence-corrected chi connectivity index (χ0v) is 14.3. The SMILES string of the molecule is [C-]#[N+]c1ccc(C#N)c(-n2c3ccccc3c3c4ccccc4ccc32)c1. The topological polar surface area (TPSA) is 33.1 Å². The van der Waals surface area contributed by atoms with Gasteiger partial charge < -0.3 is 4.57 Å². The summed E-state index contributed by atoms with van der Waals surface area (Å²) in [5.74, 6) is 0. The van der Waals surface area contributed by atoms with Crippen molar-refractivity contribution in [1.82, 2.24) is 4.57 Å². The number of nitrogens with zero attached hydrogens (tertiary/aromatic N) is 3. The number of para-hydroxylation sites is 1. The van der Waals surface area contributed by atoms with Gasteiger partial charge in [-0.2, -0.15) is 5.26 Å². The zero-order valence-electron chi connectivity index (χ0n) is 14.3. The maximum absolute atomic E-state index is 9.66. The zero-order chi connectivity index (χ0) is 18.4. The molecular formula is C24H13N3.